The Morgan fingerprint density at radius 2 is 1.81 bits per heavy atom. The highest BCUT2D eigenvalue weighted by atomic mass is 19.1. The topological polar surface area (TPSA) is 47.6 Å². The van der Waals surface area contributed by atoms with Crippen molar-refractivity contribution in [1.82, 2.24) is 5.32 Å². The van der Waals surface area contributed by atoms with Crippen molar-refractivity contribution in [2.45, 2.75) is 39.7 Å². The number of ether oxygens (including phenoxy) is 2. The number of halogens is 1. The second-order valence-electron chi connectivity index (χ2n) is 5.99. The van der Waals surface area contributed by atoms with E-state index in [1.807, 2.05) is 45.0 Å². The van der Waals surface area contributed by atoms with Crippen LogP contribution in [0.25, 0.3) is 0 Å². The van der Waals surface area contributed by atoms with Gasteiger partial charge >= 0.3 is 0 Å². The normalized spacial score (nSPS) is 11.7. The van der Waals surface area contributed by atoms with Gasteiger partial charge in [0.2, 0.25) is 5.91 Å². The van der Waals surface area contributed by atoms with Crippen molar-refractivity contribution in [3.8, 4) is 11.5 Å². The van der Waals surface area contributed by atoms with Gasteiger partial charge in [-0.2, -0.15) is 0 Å². The first-order valence-electron chi connectivity index (χ1n) is 8.96. The third-order valence-electron chi connectivity index (χ3n) is 3.97. The van der Waals surface area contributed by atoms with Crippen LogP contribution in [0, 0.1) is 5.82 Å². The molecule has 0 aliphatic rings. The lowest BCUT2D eigenvalue weighted by molar-refractivity contribution is -0.121. The molecule has 0 saturated heterocycles. The summed E-state index contributed by atoms with van der Waals surface area (Å²) in [5.74, 6) is 1.01. The fourth-order valence-corrected chi connectivity index (χ4v) is 2.68. The van der Waals surface area contributed by atoms with Crippen LogP contribution in [0.15, 0.2) is 42.5 Å². The Balaban J connectivity index is 1.96. The molecule has 1 unspecified atom stereocenters. The molecule has 2 rings (SSSR count). The van der Waals surface area contributed by atoms with Crippen molar-refractivity contribution in [3.63, 3.8) is 0 Å². The number of benzene rings is 2. The first-order valence-corrected chi connectivity index (χ1v) is 8.96. The maximum Gasteiger partial charge on any atom is 0.220 e. The summed E-state index contributed by atoms with van der Waals surface area (Å²) in [7, 11) is 0. The Labute approximate surface area is 154 Å². The van der Waals surface area contributed by atoms with E-state index in [0.717, 1.165) is 11.1 Å². The van der Waals surface area contributed by atoms with Gasteiger partial charge in [-0.15, -0.1) is 0 Å². The van der Waals surface area contributed by atoms with Gasteiger partial charge in [-0.05, 0) is 62.6 Å². The van der Waals surface area contributed by atoms with Gasteiger partial charge in [0.1, 0.15) is 5.82 Å². The minimum Gasteiger partial charge on any atom is -0.490 e. The number of rotatable bonds is 9. The zero-order chi connectivity index (χ0) is 18.9. The fourth-order valence-electron chi connectivity index (χ4n) is 2.68. The SMILES string of the molecule is CCOc1ccc(C(C)NC(=O)CCc2cccc(F)c2)cc1OCC. The van der Waals surface area contributed by atoms with Crippen molar-refractivity contribution in [2.75, 3.05) is 13.2 Å². The van der Waals surface area contributed by atoms with Gasteiger partial charge in [0, 0.05) is 6.42 Å². The predicted octanol–water partition coefficient (Wildman–Crippen LogP) is 4.43. The number of carbonyl (C=O) groups excluding carboxylic acids is 1. The van der Waals surface area contributed by atoms with Crippen molar-refractivity contribution in [3.05, 3.63) is 59.4 Å². The molecule has 4 nitrogen and oxygen atoms in total. The Kier molecular flexibility index (Phi) is 7.45. The maximum absolute atomic E-state index is 13.2. The van der Waals surface area contributed by atoms with Gasteiger partial charge < -0.3 is 14.8 Å². The molecule has 5 heteroatoms. The van der Waals surface area contributed by atoms with Gasteiger partial charge in [0.15, 0.2) is 11.5 Å². The van der Waals surface area contributed by atoms with Crippen LogP contribution < -0.4 is 14.8 Å². The molecule has 0 aromatic heterocycles. The van der Waals surface area contributed by atoms with E-state index in [4.69, 9.17) is 9.47 Å². The highest BCUT2D eigenvalue weighted by Crippen LogP contribution is 2.30. The molecule has 0 aliphatic heterocycles. The first kappa shape index (κ1) is 19.8. The van der Waals surface area contributed by atoms with E-state index in [1.165, 1.54) is 12.1 Å². The molecular formula is C21H26FNO3. The molecule has 0 spiro atoms. The lowest BCUT2D eigenvalue weighted by Gasteiger charge is -2.17. The lowest BCUT2D eigenvalue weighted by Crippen LogP contribution is -2.26. The third kappa shape index (κ3) is 5.76. The number of amides is 1. The van der Waals surface area contributed by atoms with Crippen LogP contribution in [0.4, 0.5) is 4.39 Å². The molecule has 0 heterocycles. The average molecular weight is 359 g/mol. The summed E-state index contributed by atoms with van der Waals surface area (Å²) in [5.41, 5.74) is 1.75. The number of carbonyl (C=O) groups is 1. The highest BCUT2D eigenvalue weighted by Gasteiger charge is 2.13. The summed E-state index contributed by atoms with van der Waals surface area (Å²) in [5, 5.41) is 2.97. The molecule has 0 fully saturated rings. The Hall–Kier alpha value is -2.56. The number of nitrogens with one attached hydrogen (secondary N) is 1. The smallest absolute Gasteiger partial charge is 0.220 e. The molecule has 140 valence electrons. The summed E-state index contributed by atoms with van der Waals surface area (Å²) >= 11 is 0. The molecule has 1 atom stereocenters. The summed E-state index contributed by atoms with van der Waals surface area (Å²) in [4.78, 5) is 12.2. The maximum atomic E-state index is 13.2. The summed E-state index contributed by atoms with van der Waals surface area (Å²) in [6.07, 6.45) is 0.812. The number of hydrogen-bond acceptors (Lipinski definition) is 3. The zero-order valence-corrected chi connectivity index (χ0v) is 15.5. The standard InChI is InChI=1S/C21H26FNO3/c1-4-25-19-11-10-17(14-20(19)26-5-2)15(3)23-21(24)12-9-16-7-6-8-18(22)13-16/h6-8,10-11,13-15H,4-5,9,12H2,1-3H3,(H,23,24). The number of aryl methyl sites for hydroxylation is 1. The van der Waals surface area contributed by atoms with E-state index < -0.39 is 0 Å². The van der Waals surface area contributed by atoms with Crippen molar-refractivity contribution in [1.29, 1.82) is 0 Å². The molecular weight excluding hydrogens is 333 g/mol. The first-order chi connectivity index (χ1) is 12.5. The van der Waals surface area contributed by atoms with E-state index in [9.17, 15) is 9.18 Å². The second-order valence-corrected chi connectivity index (χ2v) is 5.99. The van der Waals surface area contributed by atoms with E-state index >= 15 is 0 Å². The summed E-state index contributed by atoms with van der Waals surface area (Å²) in [6.45, 7) is 6.86. The largest absolute Gasteiger partial charge is 0.490 e. The second kappa shape index (κ2) is 9.80. The van der Waals surface area contributed by atoms with Crippen LogP contribution in [-0.4, -0.2) is 19.1 Å². The molecule has 0 radical (unpaired) electrons. The summed E-state index contributed by atoms with van der Waals surface area (Å²) < 4.78 is 24.4. The zero-order valence-electron chi connectivity index (χ0n) is 15.5. The highest BCUT2D eigenvalue weighted by molar-refractivity contribution is 5.76. The molecule has 26 heavy (non-hydrogen) atoms. The van der Waals surface area contributed by atoms with Crippen LogP contribution in [0.1, 0.15) is 44.4 Å². The van der Waals surface area contributed by atoms with E-state index in [2.05, 4.69) is 5.32 Å². The Morgan fingerprint density at radius 3 is 2.50 bits per heavy atom. The van der Waals surface area contributed by atoms with Crippen molar-refractivity contribution >= 4 is 5.91 Å². The van der Waals surface area contributed by atoms with E-state index in [1.54, 1.807) is 6.07 Å². The van der Waals surface area contributed by atoms with Crippen LogP contribution >= 0.6 is 0 Å². The van der Waals surface area contributed by atoms with Gasteiger partial charge in [-0.1, -0.05) is 18.2 Å². The molecule has 1 amide bonds. The van der Waals surface area contributed by atoms with E-state index in [-0.39, 0.29) is 17.8 Å². The Morgan fingerprint density at radius 1 is 1.08 bits per heavy atom. The number of hydrogen-bond donors (Lipinski definition) is 1. The third-order valence-corrected chi connectivity index (χ3v) is 3.97. The van der Waals surface area contributed by atoms with Crippen LogP contribution in [0.3, 0.4) is 0 Å². The molecule has 0 bridgehead atoms. The van der Waals surface area contributed by atoms with Crippen LogP contribution in [0.5, 0.6) is 11.5 Å². The fraction of sp³-hybridized carbons (Fsp3) is 0.381. The molecule has 0 aliphatic carbocycles. The van der Waals surface area contributed by atoms with Crippen molar-refractivity contribution in [2.24, 2.45) is 0 Å². The monoisotopic (exact) mass is 359 g/mol. The van der Waals surface area contributed by atoms with Gasteiger partial charge in [0.05, 0.1) is 19.3 Å². The van der Waals surface area contributed by atoms with Crippen LogP contribution in [-0.2, 0) is 11.2 Å². The summed E-state index contributed by atoms with van der Waals surface area (Å²) in [6, 6.07) is 11.8. The molecule has 1 N–H and O–H groups in total. The quantitative estimate of drug-likeness (QED) is 0.720. The molecule has 2 aromatic carbocycles. The minimum atomic E-state index is -0.283. The molecule has 0 saturated carbocycles. The Bertz CT molecular complexity index is 733. The van der Waals surface area contributed by atoms with Gasteiger partial charge in [-0.3, -0.25) is 4.79 Å². The lowest BCUT2D eigenvalue weighted by atomic mass is 10.1. The minimum absolute atomic E-state index is 0.0754. The molecule has 2 aromatic rings. The predicted molar refractivity (Wildman–Crippen MR) is 100 cm³/mol. The van der Waals surface area contributed by atoms with Gasteiger partial charge in [-0.25, -0.2) is 4.39 Å². The van der Waals surface area contributed by atoms with E-state index in [0.29, 0.717) is 37.6 Å². The van der Waals surface area contributed by atoms with Crippen LogP contribution in [0.2, 0.25) is 0 Å². The van der Waals surface area contributed by atoms with Crippen molar-refractivity contribution < 1.29 is 18.7 Å². The van der Waals surface area contributed by atoms with Gasteiger partial charge in [0.25, 0.3) is 0 Å². The average Bonchev–Trinajstić information content (AvgIpc) is 2.62.